The molecular formula is C13H23N3O5. The second-order valence-electron chi connectivity index (χ2n) is 6.68. The van der Waals surface area contributed by atoms with Crippen LogP contribution in [0.4, 0.5) is 0 Å². The van der Waals surface area contributed by atoms with Crippen LogP contribution >= 0.6 is 0 Å². The highest BCUT2D eigenvalue weighted by Crippen LogP contribution is 2.58. The predicted octanol–water partition coefficient (Wildman–Crippen LogP) is -2.44. The molecule has 1 aliphatic carbocycles. The Labute approximate surface area is 123 Å². The fraction of sp³-hybridized carbons (Fsp3) is 1.00. The molecule has 0 aromatic heterocycles. The van der Waals surface area contributed by atoms with E-state index in [1.54, 1.807) is 0 Å². The number of hydrogen-bond donors (Lipinski definition) is 4. The third kappa shape index (κ3) is 1.91. The first-order chi connectivity index (χ1) is 10.0. The summed E-state index contributed by atoms with van der Waals surface area (Å²) in [6.45, 7) is 3.46. The summed E-state index contributed by atoms with van der Waals surface area (Å²) in [5.74, 6) is -0.204. The molecule has 4 aliphatic rings. The Morgan fingerprint density at radius 1 is 1.33 bits per heavy atom. The van der Waals surface area contributed by atoms with Gasteiger partial charge in [-0.1, -0.05) is 0 Å². The summed E-state index contributed by atoms with van der Waals surface area (Å²) in [7, 11) is 0. The Hall–Kier alpha value is -0.320. The number of aliphatic hydroxyl groups is 2. The van der Waals surface area contributed by atoms with Crippen LogP contribution in [0.25, 0.3) is 0 Å². The van der Waals surface area contributed by atoms with E-state index in [1.165, 1.54) is 0 Å². The highest BCUT2D eigenvalue weighted by Gasteiger charge is 2.74. The first-order valence-corrected chi connectivity index (χ1v) is 7.61. The van der Waals surface area contributed by atoms with Gasteiger partial charge in [-0.05, 0) is 0 Å². The topological polar surface area (TPSA) is 112 Å². The van der Waals surface area contributed by atoms with Crippen molar-refractivity contribution in [2.45, 2.75) is 42.5 Å². The van der Waals surface area contributed by atoms with Crippen molar-refractivity contribution in [2.24, 2.45) is 11.7 Å². The molecule has 0 amide bonds. The second kappa shape index (κ2) is 4.84. The van der Waals surface area contributed by atoms with E-state index in [2.05, 4.69) is 4.90 Å². The quantitative estimate of drug-likeness (QED) is 0.455. The van der Waals surface area contributed by atoms with Gasteiger partial charge in [-0.25, -0.2) is 0 Å². The summed E-state index contributed by atoms with van der Waals surface area (Å²) in [4.78, 5) is 2.15. The SMILES string of the molecule is NC(CN1CCOCC1)C1C(O)C2(O)CC3OC(C32)N1O. The lowest BCUT2D eigenvalue weighted by Crippen LogP contribution is -2.86. The van der Waals surface area contributed by atoms with Crippen LogP contribution < -0.4 is 5.73 Å². The van der Waals surface area contributed by atoms with Gasteiger partial charge in [-0.3, -0.25) is 4.90 Å². The van der Waals surface area contributed by atoms with E-state index in [0.717, 1.165) is 18.2 Å². The van der Waals surface area contributed by atoms with Crippen LogP contribution in [0, 0.1) is 5.92 Å². The van der Waals surface area contributed by atoms with Gasteiger partial charge in [0.1, 0.15) is 17.9 Å². The Balaban J connectivity index is 1.47. The van der Waals surface area contributed by atoms with Crippen molar-refractivity contribution >= 4 is 0 Å². The lowest BCUT2D eigenvalue weighted by atomic mass is 9.56. The summed E-state index contributed by atoms with van der Waals surface area (Å²) in [5.41, 5.74) is 5.05. The third-order valence-electron chi connectivity index (χ3n) is 5.54. The van der Waals surface area contributed by atoms with E-state index in [-0.39, 0.29) is 12.0 Å². The van der Waals surface area contributed by atoms with Gasteiger partial charge in [0.05, 0.1) is 31.3 Å². The molecule has 0 aromatic carbocycles. The van der Waals surface area contributed by atoms with Gasteiger partial charge in [0, 0.05) is 32.1 Å². The molecule has 8 heteroatoms. The van der Waals surface area contributed by atoms with Crippen molar-refractivity contribution < 1.29 is 24.9 Å². The zero-order chi connectivity index (χ0) is 14.8. The van der Waals surface area contributed by atoms with Crippen molar-refractivity contribution in [1.82, 2.24) is 9.96 Å². The molecule has 4 fully saturated rings. The molecule has 120 valence electrons. The molecule has 0 bridgehead atoms. The van der Waals surface area contributed by atoms with Crippen LogP contribution in [-0.4, -0.2) is 94.4 Å². The third-order valence-corrected chi connectivity index (χ3v) is 5.54. The predicted molar refractivity (Wildman–Crippen MR) is 70.4 cm³/mol. The molecular weight excluding hydrogens is 278 g/mol. The van der Waals surface area contributed by atoms with Crippen molar-refractivity contribution in [3.05, 3.63) is 0 Å². The van der Waals surface area contributed by atoms with E-state index < -0.39 is 30.0 Å². The number of nitrogens with zero attached hydrogens (tertiary/aromatic N) is 2. The lowest BCUT2D eigenvalue weighted by molar-refractivity contribution is -0.462. The molecule has 7 atom stereocenters. The molecule has 3 saturated heterocycles. The van der Waals surface area contributed by atoms with Crippen LogP contribution in [0.3, 0.4) is 0 Å². The number of aliphatic hydroxyl groups excluding tert-OH is 1. The maximum absolute atomic E-state index is 10.6. The maximum atomic E-state index is 10.6. The van der Waals surface area contributed by atoms with Crippen molar-refractivity contribution in [1.29, 1.82) is 0 Å². The fourth-order valence-electron chi connectivity index (χ4n) is 4.26. The Morgan fingerprint density at radius 2 is 2.05 bits per heavy atom. The van der Waals surface area contributed by atoms with Gasteiger partial charge in [0.15, 0.2) is 0 Å². The van der Waals surface area contributed by atoms with E-state index in [4.69, 9.17) is 15.2 Å². The highest BCUT2D eigenvalue weighted by atomic mass is 16.6. The Kier molecular flexibility index (Phi) is 3.29. The zero-order valence-electron chi connectivity index (χ0n) is 11.8. The van der Waals surface area contributed by atoms with Crippen LogP contribution in [0.5, 0.6) is 0 Å². The number of nitrogens with two attached hydrogens (primary N) is 1. The molecule has 4 rings (SSSR count). The Bertz CT molecular complexity index is 421. The molecule has 0 aromatic rings. The van der Waals surface area contributed by atoms with Crippen LogP contribution in [0.2, 0.25) is 0 Å². The van der Waals surface area contributed by atoms with Gasteiger partial charge in [0.2, 0.25) is 0 Å². The average Bonchev–Trinajstić information content (AvgIpc) is 2.43. The number of piperidine rings is 1. The minimum Gasteiger partial charge on any atom is -0.388 e. The van der Waals surface area contributed by atoms with Crippen LogP contribution in [-0.2, 0) is 9.47 Å². The van der Waals surface area contributed by atoms with Gasteiger partial charge in [-0.15, -0.1) is 0 Å². The number of rotatable bonds is 3. The van der Waals surface area contributed by atoms with Crippen molar-refractivity contribution in [2.75, 3.05) is 32.8 Å². The Morgan fingerprint density at radius 3 is 2.71 bits per heavy atom. The van der Waals surface area contributed by atoms with Crippen molar-refractivity contribution in [3.8, 4) is 0 Å². The number of hydrogen-bond acceptors (Lipinski definition) is 8. The first-order valence-electron chi connectivity index (χ1n) is 7.61. The van der Waals surface area contributed by atoms with Gasteiger partial charge in [0.25, 0.3) is 0 Å². The van der Waals surface area contributed by atoms with E-state index in [9.17, 15) is 15.4 Å². The van der Waals surface area contributed by atoms with Crippen LogP contribution in [0.1, 0.15) is 6.42 Å². The summed E-state index contributed by atoms with van der Waals surface area (Å²) in [6, 6.07) is -1.20. The standard InChI is InChI=1S/C13H23N3O5/c14-7(6-15-1-3-20-4-2-15)10-11(17)13(18)5-8-9(13)12(21-8)16(10)19/h7-12,17-19H,1-6,14H2. The normalized spacial score (nSPS) is 51.7. The number of hydroxylamine groups is 2. The molecule has 1 saturated carbocycles. The molecule has 3 aliphatic heterocycles. The minimum atomic E-state index is -1.17. The molecule has 0 spiro atoms. The summed E-state index contributed by atoms with van der Waals surface area (Å²) >= 11 is 0. The summed E-state index contributed by atoms with van der Waals surface area (Å²) in [6.07, 6.45) is -1.22. The monoisotopic (exact) mass is 301 g/mol. The zero-order valence-corrected chi connectivity index (χ0v) is 11.8. The number of ether oxygens (including phenoxy) is 2. The minimum absolute atomic E-state index is 0.0410. The molecule has 8 nitrogen and oxygen atoms in total. The van der Waals surface area contributed by atoms with Crippen molar-refractivity contribution in [3.63, 3.8) is 0 Å². The summed E-state index contributed by atoms with van der Waals surface area (Å²) in [5, 5.41) is 32.4. The maximum Gasteiger partial charge on any atom is 0.141 e. The lowest BCUT2D eigenvalue weighted by Gasteiger charge is -2.69. The van der Waals surface area contributed by atoms with E-state index in [1.807, 2.05) is 0 Å². The molecule has 21 heavy (non-hydrogen) atoms. The molecule has 0 radical (unpaired) electrons. The molecule has 3 heterocycles. The smallest absolute Gasteiger partial charge is 0.141 e. The fourth-order valence-corrected chi connectivity index (χ4v) is 4.26. The van der Waals surface area contributed by atoms with E-state index >= 15 is 0 Å². The van der Waals surface area contributed by atoms with Crippen LogP contribution in [0.15, 0.2) is 0 Å². The summed E-state index contributed by atoms with van der Waals surface area (Å²) < 4.78 is 10.8. The number of morpholine rings is 1. The first kappa shape index (κ1) is 14.3. The largest absolute Gasteiger partial charge is 0.388 e. The van der Waals surface area contributed by atoms with Gasteiger partial charge < -0.3 is 30.6 Å². The van der Waals surface area contributed by atoms with Gasteiger partial charge in [-0.2, -0.15) is 5.06 Å². The molecule has 7 unspecified atom stereocenters. The molecule has 5 N–H and O–H groups in total. The second-order valence-corrected chi connectivity index (χ2v) is 6.68. The van der Waals surface area contributed by atoms with E-state index in [0.29, 0.717) is 26.2 Å². The highest BCUT2D eigenvalue weighted by molar-refractivity contribution is 5.21. The average molecular weight is 301 g/mol. The van der Waals surface area contributed by atoms with Gasteiger partial charge >= 0.3 is 0 Å².